The third-order valence-electron chi connectivity index (χ3n) is 7.85. The molecule has 1 aliphatic heterocycles. The summed E-state index contributed by atoms with van der Waals surface area (Å²) in [4.78, 5) is 12.8. The molecule has 4 heterocycles. The molecule has 1 aliphatic carbocycles. The van der Waals surface area contributed by atoms with Crippen LogP contribution in [0.4, 0.5) is 11.6 Å². The summed E-state index contributed by atoms with van der Waals surface area (Å²) in [6.45, 7) is 2.18. The summed E-state index contributed by atoms with van der Waals surface area (Å²) in [6, 6.07) is 13.2. The summed E-state index contributed by atoms with van der Waals surface area (Å²) < 4.78 is 1.99. The molecule has 1 saturated heterocycles. The Morgan fingerprint density at radius 3 is 2.64 bits per heavy atom. The normalized spacial score (nSPS) is 17.9. The van der Waals surface area contributed by atoms with Crippen molar-refractivity contribution < 1.29 is 0 Å². The van der Waals surface area contributed by atoms with Crippen molar-refractivity contribution in [2.75, 3.05) is 18.4 Å². The number of hydrogen-bond acceptors (Lipinski definition) is 6. The van der Waals surface area contributed by atoms with E-state index < -0.39 is 0 Å². The van der Waals surface area contributed by atoms with Crippen molar-refractivity contribution in [3.63, 3.8) is 0 Å². The molecule has 184 valence electrons. The lowest BCUT2D eigenvalue weighted by Crippen LogP contribution is -2.26. The molecule has 4 aromatic rings. The number of hydrogen-bond donors (Lipinski definition) is 3. The largest absolute Gasteiger partial charge is 0.346 e. The minimum absolute atomic E-state index is 0.117. The van der Waals surface area contributed by atoms with E-state index in [1.54, 1.807) is 0 Å². The number of anilines is 2. The molecule has 2 aliphatic rings. The number of H-pyrrole nitrogens is 1. The van der Waals surface area contributed by atoms with E-state index in [1.807, 2.05) is 29.3 Å². The monoisotopic (exact) mass is 480 g/mol. The molecule has 0 radical (unpaired) electrons. The molecule has 1 saturated carbocycles. The van der Waals surface area contributed by atoms with Gasteiger partial charge in [0, 0.05) is 29.0 Å². The number of nitrogens with one attached hydrogen (secondary N) is 3. The van der Waals surface area contributed by atoms with Crippen molar-refractivity contribution >= 4 is 22.7 Å². The summed E-state index contributed by atoms with van der Waals surface area (Å²) in [5.41, 5.74) is 4.92. The second-order valence-corrected chi connectivity index (χ2v) is 10.1. The van der Waals surface area contributed by atoms with Gasteiger partial charge in [-0.25, -0.2) is 4.98 Å². The molecule has 8 nitrogen and oxygen atoms in total. The first kappa shape index (κ1) is 22.7. The van der Waals surface area contributed by atoms with Crippen molar-refractivity contribution in [2.45, 2.75) is 56.9 Å². The summed E-state index contributed by atoms with van der Waals surface area (Å²) in [6.07, 6.45) is 13.5. The van der Waals surface area contributed by atoms with Crippen LogP contribution in [0.1, 0.15) is 62.5 Å². The number of nitrogens with zero attached hydrogens (tertiary/aromatic N) is 5. The van der Waals surface area contributed by atoms with Crippen LogP contribution in [0.15, 0.2) is 48.9 Å². The van der Waals surface area contributed by atoms with Crippen LogP contribution in [0.2, 0.25) is 0 Å². The van der Waals surface area contributed by atoms with E-state index in [-0.39, 0.29) is 6.04 Å². The Bertz CT molecular complexity index is 1350. The highest BCUT2D eigenvalue weighted by molar-refractivity contribution is 5.91. The number of benzene rings is 1. The van der Waals surface area contributed by atoms with Gasteiger partial charge in [0.15, 0.2) is 0 Å². The number of rotatable bonds is 7. The number of nitriles is 1. The quantitative estimate of drug-likeness (QED) is 0.314. The minimum atomic E-state index is 0.117. The van der Waals surface area contributed by atoms with Crippen molar-refractivity contribution in [1.82, 2.24) is 30.0 Å². The minimum Gasteiger partial charge on any atom is -0.346 e. The van der Waals surface area contributed by atoms with Crippen molar-refractivity contribution in [1.29, 1.82) is 5.26 Å². The zero-order valence-corrected chi connectivity index (χ0v) is 20.5. The van der Waals surface area contributed by atoms with Gasteiger partial charge in [-0.15, -0.1) is 0 Å². The Kier molecular flexibility index (Phi) is 6.39. The topological polar surface area (TPSA) is 107 Å². The van der Waals surface area contributed by atoms with Crippen molar-refractivity contribution in [2.24, 2.45) is 5.92 Å². The Hall–Kier alpha value is -3.70. The van der Waals surface area contributed by atoms with E-state index in [0.717, 1.165) is 41.1 Å². The van der Waals surface area contributed by atoms with E-state index in [2.05, 4.69) is 51.1 Å². The zero-order valence-electron chi connectivity index (χ0n) is 20.5. The molecule has 3 aromatic heterocycles. The van der Waals surface area contributed by atoms with Crippen LogP contribution < -0.4 is 10.6 Å². The third-order valence-corrected chi connectivity index (χ3v) is 7.85. The molecule has 3 N–H and O–H groups in total. The maximum Gasteiger partial charge on any atom is 0.229 e. The van der Waals surface area contributed by atoms with Crippen molar-refractivity contribution in [3.05, 3.63) is 54.5 Å². The van der Waals surface area contributed by atoms with Crippen LogP contribution in [0, 0.1) is 17.2 Å². The Morgan fingerprint density at radius 2 is 1.86 bits per heavy atom. The summed E-state index contributed by atoms with van der Waals surface area (Å²) >= 11 is 0. The molecular weight excluding hydrogens is 448 g/mol. The lowest BCUT2D eigenvalue weighted by molar-refractivity contribution is 0.315. The predicted molar refractivity (Wildman–Crippen MR) is 141 cm³/mol. The number of piperidine rings is 1. The molecule has 0 spiro atoms. The van der Waals surface area contributed by atoms with Gasteiger partial charge in [-0.3, -0.25) is 4.68 Å². The van der Waals surface area contributed by atoms with Gasteiger partial charge in [-0.1, -0.05) is 25.0 Å². The van der Waals surface area contributed by atoms with Crippen LogP contribution in [-0.4, -0.2) is 37.8 Å². The molecule has 6 rings (SSSR count). The fourth-order valence-corrected chi connectivity index (χ4v) is 5.89. The second-order valence-electron chi connectivity index (χ2n) is 10.1. The first-order valence-electron chi connectivity index (χ1n) is 13.1. The lowest BCUT2D eigenvalue weighted by Gasteiger charge is -2.23. The molecule has 0 bridgehead atoms. The van der Waals surface area contributed by atoms with Gasteiger partial charge in [0.2, 0.25) is 5.95 Å². The van der Waals surface area contributed by atoms with E-state index in [1.165, 1.54) is 44.1 Å². The van der Waals surface area contributed by atoms with Crippen LogP contribution in [-0.2, 0) is 0 Å². The molecular formula is C28H32N8. The Morgan fingerprint density at radius 1 is 1.06 bits per heavy atom. The van der Waals surface area contributed by atoms with Gasteiger partial charge in [0.1, 0.15) is 5.65 Å². The lowest BCUT2D eigenvalue weighted by atomic mass is 9.90. The fourth-order valence-electron chi connectivity index (χ4n) is 5.89. The third kappa shape index (κ3) is 4.59. The molecule has 1 atom stereocenters. The molecule has 2 fully saturated rings. The van der Waals surface area contributed by atoms with Crippen LogP contribution in [0.25, 0.3) is 22.3 Å². The highest BCUT2D eigenvalue weighted by Crippen LogP contribution is 2.37. The van der Waals surface area contributed by atoms with E-state index in [4.69, 9.17) is 9.97 Å². The summed E-state index contributed by atoms with van der Waals surface area (Å²) in [7, 11) is 0. The Labute approximate surface area is 211 Å². The number of aromatic amines is 1. The molecule has 0 unspecified atom stereocenters. The maximum atomic E-state index is 9.44. The smallest absolute Gasteiger partial charge is 0.229 e. The fraction of sp³-hybridized carbons (Fsp3) is 0.429. The summed E-state index contributed by atoms with van der Waals surface area (Å²) in [5, 5.41) is 21.9. The molecule has 0 amide bonds. The average molecular weight is 481 g/mol. The Balaban J connectivity index is 1.27. The maximum absolute atomic E-state index is 9.44. The van der Waals surface area contributed by atoms with Gasteiger partial charge >= 0.3 is 0 Å². The first-order valence-corrected chi connectivity index (χ1v) is 13.1. The standard InChI is InChI=1S/C28H32N8/c29-13-9-25(21-3-1-2-4-21)36-18-22(17-32-36)26-24-12-16-31-27(24)35-28(34-26)33-23-7-5-19(6-8-23)20-10-14-30-15-11-20/h5-8,12,16-18,20-21,25,30H,1-4,9-11,14-15H2,(H2,31,33,34,35)/t25-/m1/s1. The average Bonchev–Trinajstić information content (AvgIpc) is 3.70. The number of fused-ring (bicyclic) bond motifs is 1. The van der Waals surface area contributed by atoms with Crippen LogP contribution >= 0.6 is 0 Å². The van der Waals surface area contributed by atoms with Gasteiger partial charge in [-0.05, 0) is 74.4 Å². The van der Waals surface area contributed by atoms with E-state index in [9.17, 15) is 5.26 Å². The highest BCUT2D eigenvalue weighted by Gasteiger charge is 2.27. The highest BCUT2D eigenvalue weighted by atomic mass is 15.3. The molecule has 8 heteroatoms. The second kappa shape index (κ2) is 10.1. The van der Waals surface area contributed by atoms with Gasteiger partial charge in [0.25, 0.3) is 0 Å². The predicted octanol–water partition coefficient (Wildman–Crippen LogP) is 5.68. The number of aromatic nitrogens is 5. The molecule has 1 aromatic carbocycles. The van der Waals surface area contributed by atoms with Crippen LogP contribution in [0.5, 0.6) is 0 Å². The van der Waals surface area contributed by atoms with Crippen molar-refractivity contribution in [3.8, 4) is 17.3 Å². The zero-order chi connectivity index (χ0) is 24.3. The van der Waals surface area contributed by atoms with Gasteiger partial charge < -0.3 is 15.6 Å². The van der Waals surface area contributed by atoms with Gasteiger partial charge in [-0.2, -0.15) is 15.3 Å². The van der Waals surface area contributed by atoms with Crippen LogP contribution in [0.3, 0.4) is 0 Å². The summed E-state index contributed by atoms with van der Waals surface area (Å²) in [5.74, 6) is 1.69. The first-order chi connectivity index (χ1) is 17.8. The molecule has 36 heavy (non-hydrogen) atoms. The van der Waals surface area contributed by atoms with Gasteiger partial charge in [0.05, 0.1) is 30.4 Å². The van der Waals surface area contributed by atoms with E-state index >= 15 is 0 Å². The van der Waals surface area contributed by atoms with E-state index in [0.29, 0.717) is 24.2 Å². The SMILES string of the molecule is N#CC[C@H](C1CCCC1)n1cc(-c2nc(Nc3ccc(C4CCNCC4)cc3)nc3[nH]ccc23)cn1.